The lowest BCUT2D eigenvalue weighted by atomic mass is 10.1. The van der Waals surface area contributed by atoms with Gasteiger partial charge in [-0.2, -0.15) is 0 Å². The lowest BCUT2D eigenvalue weighted by Gasteiger charge is -2.18. The average Bonchev–Trinajstić information content (AvgIpc) is 3.06. The molecule has 1 aliphatic rings. The van der Waals surface area contributed by atoms with Crippen molar-refractivity contribution in [1.82, 2.24) is 10.6 Å². The first kappa shape index (κ1) is 17.1. The molecule has 6 heteroatoms. The summed E-state index contributed by atoms with van der Waals surface area (Å²) >= 11 is 0. The van der Waals surface area contributed by atoms with E-state index in [0.717, 1.165) is 25.7 Å². The maximum atomic E-state index is 12.4. The molecule has 1 unspecified atom stereocenters. The monoisotopic (exact) mass is 320 g/mol. The molecule has 1 saturated carbocycles. The van der Waals surface area contributed by atoms with Crippen LogP contribution in [0.3, 0.4) is 0 Å². The van der Waals surface area contributed by atoms with Crippen LogP contribution in [-0.4, -0.2) is 38.1 Å². The first-order valence-electron chi connectivity index (χ1n) is 7.88. The van der Waals surface area contributed by atoms with Crippen molar-refractivity contribution in [2.45, 2.75) is 44.7 Å². The molecule has 0 spiro atoms. The van der Waals surface area contributed by atoms with Gasteiger partial charge in [-0.1, -0.05) is 12.8 Å². The summed E-state index contributed by atoms with van der Waals surface area (Å²) < 4.78 is 10.3. The zero-order valence-electron chi connectivity index (χ0n) is 13.8. The molecule has 0 radical (unpaired) electrons. The second-order valence-corrected chi connectivity index (χ2v) is 5.75. The second-order valence-electron chi connectivity index (χ2n) is 5.75. The number of carbonyl (C=O) groups excluding carboxylic acids is 2. The van der Waals surface area contributed by atoms with Crippen LogP contribution < -0.4 is 20.1 Å². The standard InChI is InChI=1S/C17H24N2O4/c1-11(16(20)19-12-6-4-5-7-12)18-17(21)14-10-13(22-2)8-9-15(14)23-3/h8-12H,4-7H2,1-3H3,(H,18,21)(H,19,20). The van der Waals surface area contributed by atoms with Crippen LogP contribution in [0.5, 0.6) is 11.5 Å². The van der Waals surface area contributed by atoms with Crippen molar-refractivity contribution in [3.63, 3.8) is 0 Å². The number of carbonyl (C=O) groups is 2. The molecule has 23 heavy (non-hydrogen) atoms. The first-order valence-corrected chi connectivity index (χ1v) is 7.88. The molecule has 1 aromatic rings. The summed E-state index contributed by atoms with van der Waals surface area (Å²) in [5, 5.41) is 5.69. The van der Waals surface area contributed by atoms with E-state index in [1.54, 1.807) is 25.1 Å². The van der Waals surface area contributed by atoms with E-state index >= 15 is 0 Å². The number of amides is 2. The number of rotatable bonds is 6. The highest BCUT2D eigenvalue weighted by molar-refractivity contribution is 6.00. The summed E-state index contributed by atoms with van der Waals surface area (Å²) in [7, 11) is 3.02. The highest BCUT2D eigenvalue weighted by Gasteiger charge is 2.23. The van der Waals surface area contributed by atoms with Crippen LogP contribution in [0.25, 0.3) is 0 Å². The Kier molecular flexibility index (Phi) is 5.84. The van der Waals surface area contributed by atoms with Gasteiger partial charge in [-0.25, -0.2) is 0 Å². The number of benzene rings is 1. The Morgan fingerprint density at radius 3 is 2.48 bits per heavy atom. The quantitative estimate of drug-likeness (QED) is 0.839. The predicted molar refractivity (Wildman–Crippen MR) is 86.9 cm³/mol. The van der Waals surface area contributed by atoms with Crippen molar-refractivity contribution < 1.29 is 19.1 Å². The third-order valence-corrected chi connectivity index (χ3v) is 4.09. The minimum absolute atomic E-state index is 0.160. The fourth-order valence-electron chi connectivity index (χ4n) is 2.73. The van der Waals surface area contributed by atoms with Crippen LogP contribution in [0.2, 0.25) is 0 Å². The van der Waals surface area contributed by atoms with Gasteiger partial charge in [0.15, 0.2) is 0 Å². The van der Waals surface area contributed by atoms with Gasteiger partial charge in [0.2, 0.25) is 5.91 Å². The van der Waals surface area contributed by atoms with E-state index in [1.807, 2.05) is 0 Å². The SMILES string of the molecule is COc1ccc(OC)c(C(=O)NC(C)C(=O)NC2CCCC2)c1. The Morgan fingerprint density at radius 1 is 1.17 bits per heavy atom. The zero-order valence-corrected chi connectivity index (χ0v) is 13.8. The van der Waals surface area contributed by atoms with Gasteiger partial charge in [0.25, 0.3) is 5.91 Å². The molecule has 0 saturated heterocycles. The Hall–Kier alpha value is -2.24. The van der Waals surface area contributed by atoms with Gasteiger partial charge in [-0.3, -0.25) is 9.59 Å². The smallest absolute Gasteiger partial charge is 0.255 e. The Balaban J connectivity index is 2.01. The van der Waals surface area contributed by atoms with E-state index < -0.39 is 6.04 Å². The number of hydrogen-bond donors (Lipinski definition) is 2. The van der Waals surface area contributed by atoms with Gasteiger partial charge in [0, 0.05) is 6.04 Å². The van der Waals surface area contributed by atoms with Crippen molar-refractivity contribution in [3.05, 3.63) is 23.8 Å². The third kappa shape index (κ3) is 4.37. The van der Waals surface area contributed by atoms with E-state index in [1.165, 1.54) is 14.2 Å². The van der Waals surface area contributed by atoms with Gasteiger partial charge in [-0.05, 0) is 38.0 Å². The molecule has 1 aliphatic carbocycles. The second kappa shape index (κ2) is 7.85. The highest BCUT2D eigenvalue weighted by atomic mass is 16.5. The van der Waals surface area contributed by atoms with Crippen LogP contribution in [0, 0.1) is 0 Å². The van der Waals surface area contributed by atoms with Crippen molar-refractivity contribution >= 4 is 11.8 Å². The number of ether oxygens (including phenoxy) is 2. The molecule has 1 fully saturated rings. The normalized spacial score (nSPS) is 15.8. The van der Waals surface area contributed by atoms with Crippen LogP contribution in [0.15, 0.2) is 18.2 Å². The molecule has 2 amide bonds. The topological polar surface area (TPSA) is 76.7 Å². The predicted octanol–water partition coefficient (Wildman–Crippen LogP) is 1.88. The van der Waals surface area contributed by atoms with E-state index in [0.29, 0.717) is 17.1 Å². The minimum atomic E-state index is -0.612. The largest absolute Gasteiger partial charge is 0.497 e. The lowest BCUT2D eigenvalue weighted by molar-refractivity contribution is -0.123. The molecule has 2 rings (SSSR count). The Labute approximate surface area is 136 Å². The number of hydrogen-bond acceptors (Lipinski definition) is 4. The molecule has 1 aromatic carbocycles. The molecule has 0 heterocycles. The first-order chi connectivity index (χ1) is 11.0. The molecule has 2 N–H and O–H groups in total. The summed E-state index contributed by atoms with van der Waals surface area (Å²) in [6.45, 7) is 1.68. The third-order valence-electron chi connectivity index (χ3n) is 4.09. The van der Waals surface area contributed by atoms with E-state index in [9.17, 15) is 9.59 Å². The summed E-state index contributed by atoms with van der Waals surface area (Å²) in [5.74, 6) is 0.465. The van der Waals surface area contributed by atoms with Gasteiger partial charge < -0.3 is 20.1 Å². The van der Waals surface area contributed by atoms with Crippen molar-refractivity contribution in [3.8, 4) is 11.5 Å². The fourth-order valence-corrected chi connectivity index (χ4v) is 2.73. The van der Waals surface area contributed by atoms with Crippen molar-refractivity contribution in [1.29, 1.82) is 0 Å². The fraction of sp³-hybridized carbons (Fsp3) is 0.529. The molecule has 126 valence electrons. The van der Waals surface area contributed by atoms with Crippen LogP contribution in [0.1, 0.15) is 43.0 Å². The van der Waals surface area contributed by atoms with Gasteiger partial charge >= 0.3 is 0 Å². The highest BCUT2D eigenvalue weighted by Crippen LogP contribution is 2.24. The molecule has 0 aliphatic heterocycles. The summed E-state index contributed by atoms with van der Waals surface area (Å²) in [5.41, 5.74) is 0.340. The lowest BCUT2D eigenvalue weighted by Crippen LogP contribution is -2.47. The average molecular weight is 320 g/mol. The van der Waals surface area contributed by atoms with Gasteiger partial charge in [0.1, 0.15) is 17.5 Å². The minimum Gasteiger partial charge on any atom is -0.497 e. The molecule has 0 bridgehead atoms. The van der Waals surface area contributed by atoms with Crippen LogP contribution >= 0.6 is 0 Å². The maximum absolute atomic E-state index is 12.4. The number of nitrogens with one attached hydrogen (secondary N) is 2. The Bertz CT molecular complexity index is 568. The van der Waals surface area contributed by atoms with Crippen molar-refractivity contribution in [2.24, 2.45) is 0 Å². The molecule has 0 aromatic heterocycles. The van der Waals surface area contributed by atoms with Crippen LogP contribution in [-0.2, 0) is 4.79 Å². The molecular weight excluding hydrogens is 296 g/mol. The van der Waals surface area contributed by atoms with Crippen LogP contribution in [0.4, 0.5) is 0 Å². The summed E-state index contributed by atoms with van der Waals surface area (Å²) in [4.78, 5) is 24.6. The van der Waals surface area contributed by atoms with Gasteiger partial charge in [-0.15, -0.1) is 0 Å². The summed E-state index contributed by atoms with van der Waals surface area (Å²) in [6, 6.07) is 4.59. The van der Waals surface area contributed by atoms with Gasteiger partial charge in [0.05, 0.1) is 19.8 Å². The van der Waals surface area contributed by atoms with E-state index in [2.05, 4.69) is 10.6 Å². The zero-order chi connectivity index (χ0) is 16.8. The van der Waals surface area contributed by atoms with E-state index in [-0.39, 0.29) is 17.9 Å². The maximum Gasteiger partial charge on any atom is 0.255 e. The van der Waals surface area contributed by atoms with Crippen molar-refractivity contribution in [2.75, 3.05) is 14.2 Å². The Morgan fingerprint density at radius 2 is 1.87 bits per heavy atom. The number of methoxy groups -OCH3 is 2. The molecular formula is C17H24N2O4. The van der Waals surface area contributed by atoms with E-state index in [4.69, 9.17) is 9.47 Å². The molecule has 6 nitrogen and oxygen atoms in total. The molecule has 1 atom stereocenters. The summed E-state index contributed by atoms with van der Waals surface area (Å²) in [6.07, 6.45) is 4.31.